The SMILES string of the molecule is CCN1CCN(c2ccc(C(C)NC)c(Cl)c2)CC1. The Morgan fingerprint density at radius 2 is 1.95 bits per heavy atom. The van der Waals surface area contributed by atoms with Gasteiger partial charge < -0.3 is 15.1 Å². The minimum Gasteiger partial charge on any atom is -0.369 e. The molecule has 0 bridgehead atoms. The standard InChI is InChI=1S/C15H24ClN3/c1-4-18-7-9-19(10-8-18)13-5-6-14(12(2)17-3)15(16)11-13/h5-6,11-12,17H,4,7-10H2,1-3H3. The lowest BCUT2D eigenvalue weighted by Gasteiger charge is -2.35. The molecule has 0 saturated carbocycles. The second kappa shape index (κ2) is 6.60. The zero-order valence-electron chi connectivity index (χ0n) is 12.1. The molecule has 1 aliphatic heterocycles. The molecular formula is C15H24ClN3. The van der Waals surface area contributed by atoms with Gasteiger partial charge in [0.2, 0.25) is 0 Å². The molecule has 4 heteroatoms. The van der Waals surface area contributed by atoms with Gasteiger partial charge in [-0.1, -0.05) is 24.6 Å². The molecule has 0 amide bonds. The van der Waals surface area contributed by atoms with E-state index >= 15 is 0 Å². The van der Waals surface area contributed by atoms with E-state index < -0.39 is 0 Å². The molecule has 1 N–H and O–H groups in total. The Labute approximate surface area is 121 Å². The summed E-state index contributed by atoms with van der Waals surface area (Å²) in [6.45, 7) is 9.95. The van der Waals surface area contributed by atoms with Crippen LogP contribution in [0, 0.1) is 0 Å². The van der Waals surface area contributed by atoms with E-state index in [-0.39, 0.29) is 0 Å². The first-order valence-corrected chi connectivity index (χ1v) is 7.47. The summed E-state index contributed by atoms with van der Waals surface area (Å²) < 4.78 is 0. The third-order valence-electron chi connectivity index (χ3n) is 4.07. The lowest BCUT2D eigenvalue weighted by molar-refractivity contribution is 0.271. The van der Waals surface area contributed by atoms with Crippen LogP contribution < -0.4 is 10.2 Å². The molecule has 0 radical (unpaired) electrons. The Hall–Kier alpha value is -0.770. The van der Waals surface area contributed by atoms with Gasteiger partial charge in [-0.25, -0.2) is 0 Å². The molecule has 1 aromatic rings. The molecule has 1 fully saturated rings. The topological polar surface area (TPSA) is 18.5 Å². The first-order valence-electron chi connectivity index (χ1n) is 7.09. The van der Waals surface area contributed by atoms with Crippen molar-refractivity contribution in [2.45, 2.75) is 19.9 Å². The maximum Gasteiger partial charge on any atom is 0.0474 e. The minimum absolute atomic E-state index is 0.290. The molecule has 2 rings (SSSR count). The Morgan fingerprint density at radius 3 is 2.47 bits per heavy atom. The first-order chi connectivity index (χ1) is 9.15. The normalized spacial score (nSPS) is 18.6. The molecule has 3 nitrogen and oxygen atoms in total. The number of hydrogen-bond donors (Lipinski definition) is 1. The first kappa shape index (κ1) is 14.6. The summed E-state index contributed by atoms with van der Waals surface area (Å²) in [5, 5.41) is 4.09. The lowest BCUT2D eigenvalue weighted by atomic mass is 10.1. The van der Waals surface area contributed by atoms with Crippen molar-refractivity contribution in [2.24, 2.45) is 0 Å². The van der Waals surface area contributed by atoms with Crippen LogP contribution in [0.5, 0.6) is 0 Å². The van der Waals surface area contributed by atoms with Crippen LogP contribution in [0.3, 0.4) is 0 Å². The smallest absolute Gasteiger partial charge is 0.0474 e. The van der Waals surface area contributed by atoms with Gasteiger partial charge >= 0.3 is 0 Å². The molecular weight excluding hydrogens is 258 g/mol. The van der Waals surface area contributed by atoms with E-state index in [1.807, 2.05) is 7.05 Å². The number of likely N-dealkylation sites (N-methyl/N-ethyl adjacent to an activating group) is 1. The Kier molecular flexibility index (Phi) is 5.08. The van der Waals surface area contributed by atoms with Gasteiger partial charge in [0, 0.05) is 42.9 Å². The molecule has 1 unspecified atom stereocenters. The van der Waals surface area contributed by atoms with Crippen molar-refractivity contribution < 1.29 is 0 Å². The van der Waals surface area contributed by atoms with Crippen molar-refractivity contribution in [2.75, 3.05) is 44.7 Å². The van der Waals surface area contributed by atoms with Crippen LogP contribution in [0.25, 0.3) is 0 Å². The van der Waals surface area contributed by atoms with Gasteiger partial charge in [0.05, 0.1) is 0 Å². The van der Waals surface area contributed by atoms with E-state index in [4.69, 9.17) is 11.6 Å². The minimum atomic E-state index is 0.290. The number of halogens is 1. The Balaban J connectivity index is 2.08. The third-order valence-corrected chi connectivity index (χ3v) is 4.40. The number of rotatable bonds is 4. The van der Waals surface area contributed by atoms with Crippen molar-refractivity contribution in [3.63, 3.8) is 0 Å². The predicted octanol–water partition coefficient (Wildman–Crippen LogP) is 2.76. The van der Waals surface area contributed by atoms with Gasteiger partial charge in [0.15, 0.2) is 0 Å². The molecule has 19 heavy (non-hydrogen) atoms. The predicted molar refractivity (Wildman–Crippen MR) is 83.3 cm³/mol. The summed E-state index contributed by atoms with van der Waals surface area (Å²) in [7, 11) is 1.96. The van der Waals surface area contributed by atoms with E-state index in [2.05, 4.69) is 47.2 Å². The number of piperazine rings is 1. The summed E-state index contributed by atoms with van der Waals surface area (Å²) in [5.41, 5.74) is 2.41. The van der Waals surface area contributed by atoms with Gasteiger partial charge in [0.25, 0.3) is 0 Å². The molecule has 1 heterocycles. The van der Waals surface area contributed by atoms with E-state index in [0.29, 0.717) is 6.04 Å². The Morgan fingerprint density at radius 1 is 1.26 bits per heavy atom. The second-order valence-electron chi connectivity index (χ2n) is 5.14. The summed E-state index contributed by atoms with van der Waals surface area (Å²) >= 11 is 6.40. The van der Waals surface area contributed by atoms with Crippen LogP contribution in [0.2, 0.25) is 5.02 Å². The van der Waals surface area contributed by atoms with Gasteiger partial charge in [-0.2, -0.15) is 0 Å². The highest BCUT2D eigenvalue weighted by Gasteiger charge is 2.17. The van der Waals surface area contributed by atoms with Crippen molar-refractivity contribution >= 4 is 17.3 Å². The van der Waals surface area contributed by atoms with E-state index in [1.54, 1.807) is 0 Å². The van der Waals surface area contributed by atoms with E-state index in [9.17, 15) is 0 Å². The molecule has 0 spiro atoms. The van der Waals surface area contributed by atoms with E-state index in [1.165, 1.54) is 11.3 Å². The number of hydrogen-bond acceptors (Lipinski definition) is 3. The molecule has 0 aromatic heterocycles. The van der Waals surface area contributed by atoms with Crippen LogP contribution in [-0.4, -0.2) is 44.7 Å². The summed E-state index contributed by atoms with van der Waals surface area (Å²) in [4.78, 5) is 4.90. The Bertz CT molecular complexity index is 414. The molecule has 1 atom stereocenters. The zero-order valence-corrected chi connectivity index (χ0v) is 12.9. The van der Waals surface area contributed by atoms with Gasteiger partial charge in [-0.05, 0) is 38.2 Å². The van der Waals surface area contributed by atoms with Gasteiger partial charge in [0.1, 0.15) is 0 Å². The fraction of sp³-hybridized carbons (Fsp3) is 0.600. The molecule has 1 saturated heterocycles. The van der Waals surface area contributed by atoms with Crippen molar-refractivity contribution in [1.82, 2.24) is 10.2 Å². The second-order valence-corrected chi connectivity index (χ2v) is 5.54. The number of anilines is 1. The fourth-order valence-corrected chi connectivity index (χ4v) is 2.88. The van der Waals surface area contributed by atoms with Crippen LogP contribution >= 0.6 is 11.6 Å². The number of benzene rings is 1. The maximum atomic E-state index is 6.40. The largest absolute Gasteiger partial charge is 0.369 e. The molecule has 106 valence electrons. The summed E-state index contributed by atoms with van der Waals surface area (Å²) in [6.07, 6.45) is 0. The summed E-state index contributed by atoms with van der Waals surface area (Å²) in [5.74, 6) is 0. The fourth-order valence-electron chi connectivity index (χ4n) is 2.54. The van der Waals surface area contributed by atoms with Crippen molar-refractivity contribution in [1.29, 1.82) is 0 Å². The maximum absolute atomic E-state index is 6.40. The van der Waals surface area contributed by atoms with Gasteiger partial charge in [-0.3, -0.25) is 0 Å². The van der Waals surface area contributed by atoms with Crippen molar-refractivity contribution in [3.8, 4) is 0 Å². The van der Waals surface area contributed by atoms with Crippen LogP contribution in [0.4, 0.5) is 5.69 Å². The van der Waals surface area contributed by atoms with Crippen LogP contribution in [0.15, 0.2) is 18.2 Å². The molecule has 1 aliphatic rings. The molecule has 0 aliphatic carbocycles. The third kappa shape index (κ3) is 3.41. The molecule has 1 aromatic carbocycles. The van der Waals surface area contributed by atoms with Crippen LogP contribution in [0.1, 0.15) is 25.5 Å². The van der Waals surface area contributed by atoms with Crippen LogP contribution in [-0.2, 0) is 0 Å². The number of nitrogens with zero attached hydrogens (tertiary/aromatic N) is 2. The number of nitrogens with one attached hydrogen (secondary N) is 1. The van der Waals surface area contributed by atoms with E-state index in [0.717, 1.165) is 37.7 Å². The van der Waals surface area contributed by atoms with Gasteiger partial charge in [-0.15, -0.1) is 0 Å². The van der Waals surface area contributed by atoms with Crippen molar-refractivity contribution in [3.05, 3.63) is 28.8 Å². The summed E-state index contributed by atoms with van der Waals surface area (Å²) in [6, 6.07) is 6.73. The average molecular weight is 282 g/mol. The lowest BCUT2D eigenvalue weighted by Crippen LogP contribution is -2.46. The average Bonchev–Trinajstić information content (AvgIpc) is 2.46. The monoisotopic (exact) mass is 281 g/mol. The quantitative estimate of drug-likeness (QED) is 0.916. The highest BCUT2D eigenvalue weighted by Crippen LogP contribution is 2.28. The zero-order chi connectivity index (χ0) is 13.8. The highest BCUT2D eigenvalue weighted by atomic mass is 35.5. The highest BCUT2D eigenvalue weighted by molar-refractivity contribution is 6.31.